The van der Waals surface area contributed by atoms with Gasteiger partial charge in [-0.05, 0) is 34.3 Å². The first-order chi connectivity index (χ1) is 8.37. The van der Waals surface area contributed by atoms with Gasteiger partial charge in [0.25, 0.3) is 0 Å². The Labute approximate surface area is 113 Å². The van der Waals surface area contributed by atoms with Crippen molar-refractivity contribution in [3.8, 4) is 0 Å². The molecule has 0 spiro atoms. The predicted octanol–water partition coefficient (Wildman–Crippen LogP) is 3.27. The molecule has 1 saturated carbocycles. The molecular formula is C11H12BrF2NO2S. The average Bonchev–Trinajstić information content (AvgIpc) is 3.04. The lowest BCUT2D eigenvalue weighted by Crippen LogP contribution is -2.18. The molecule has 2 rings (SSSR count). The lowest BCUT2D eigenvalue weighted by molar-refractivity contribution is 0.580. The number of rotatable bonds is 5. The molecule has 1 aliphatic rings. The maximum Gasteiger partial charge on any atom is 0.232 e. The molecule has 1 aromatic rings. The van der Waals surface area contributed by atoms with Gasteiger partial charge in [-0.25, -0.2) is 17.2 Å². The lowest BCUT2D eigenvalue weighted by Gasteiger charge is -2.10. The first-order valence-corrected chi connectivity index (χ1v) is 7.97. The average molecular weight is 340 g/mol. The Bertz CT molecular complexity index is 535. The van der Waals surface area contributed by atoms with Crippen molar-refractivity contribution in [2.45, 2.75) is 19.3 Å². The van der Waals surface area contributed by atoms with Gasteiger partial charge in [-0.15, -0.1) is 0 Å². The van der Waals surface area contributed by atoms with Gasteiger partial charge < -0.3 is 0 Å². The molecule has 0 aromatic heterocycles. The van der Waals surface area contributed by atoms with E-state index < -0.39 is 21.7 Å². The van der Waals surface area contributed by atoms with Gasteiger partial charge in [0.1, 0.15) is 5.82 Å². The standard InChI is InChI=1S/C11H12BrF2NO2S/c12-9-5-8(13)6-10(14)11(9)15-18(16,17)4-3-7-1-2-7/h5-7,15H,1-4H2. The largest absolute Gasteiger partial charge is 0.279 e. The van der Waals surface area contributed by atoms with Crippen LogP contribution in [0.15, 0.2) is 16.6 Å². The van der Waals surface area contributed by atoms with E-state index in [1.807, 2.05) is 0 Å². The SMILES string of the molecule is O=S(=O)(CCC1CC1)Nc1c(F)cc(F)cc1Br. The van der Waals surface area contributed by atoms with Crippen molar-refractivity contribution in [1.82, 2.24) is 0 Å². The first kappa shape index (κ1) is 13.7. The van der Waals surface area contributed by atoms with E-state index >= 15 is 0 Å². The molecule has 0 bridgehead atoms. The fourth-order valence-corrected chi connectivity index (χ4v) is 3.48. The van der Waals surface area contributed by atoms with Crippen molar-refractivity contribution in [2.24, 2.45) is 5.92 Å². The lowest BCUT2D eigenvalue weighted by atomic mass is 10.3. The van der Waals surface area contributed by atoms with Gasteiger partial charge >= 0.3 is 0 Å². The van der Waals surface area contributed by atoms with Crippen molar-refractivity contribution in [3.05, 3.63) is 28.2 Å². The van der Waals surface area contributed by atoms with E-state index in [1.54, 1.807) is 0 Å². The third kappa shape index (κ3) is 3.65. The maximum atomic E-state index is 13.5. The fourth-order valence-electron chi connectivity index (χ4n) is 1.57. The number of hydrogen-bond donors (Lipinski definition) is 1. The van der Waals surface area contributed by atoms with Gasteiger partial charge in [0.05, 0.1) is 11.4 Å². The van der Waals surface area contributed by atoms with E-state index in [4.69, 9.17) is 0 Å². The van der Waals surface area contributed by atoms with Crippen molar-refractivity contribution in [1.29, 1.82) is 0 Å². The minimum atomic E-state index is -3.59. The third-order valence-corrected chi connectivity index (χ3v) is 4.67. The number of hydrogen-bond acceptors (Lipinski definition) is 2. The Morgan fingerprint density at radius 3 is 2.56 bits per heavy atom. The second-order valence-electron chi connectivity index (χ2n) is 4.40. The number of sulfonamides is 1. The summed E-state index contributed by atoms with van der Waals surface area (Å²) in [7, 11) is -3.59. The summed E-state index contributed by atoms with van der Waals surface area (Å²) in [6, 6.07) is 1.66. The van der Waals surface area contributed by atoms with E-state index in [2.05, 4.69) is 20.7 Å². The summed E-state index contributed by atoms with van der Waals surface area (Å²) in [6.45, 7) is 0. The van der Waals surface area contributed by atoms with Gasteiger partial charge in [0.15, 0.2) is 5.82 Å². The number of anilines is 1. The first-order valence-electron chi connectivity index (χ1n) is 5.52. The van der Waals surface area contributed by atoms with Crippen LogP contribution in [0.25, 0.3) is 0 Å². The monoisotopic (exact) mass is 339 g/mol. The normalized spacial score (nSPS) is 15.7. The molecule has 0 amide bonds. The number of benzene rings is 1. The highest BCUT2D eigenvalue weighted by molar-refractivity contribution is 9.10. The van der Waals surface area contributed by atoms with E-state index in [9.17, 15) is 17.2 Å². The van der Waals surface area contributed by atoms with Gasteiger partial charge in [-0.2, -0.15) is 0 Å². The zero-order chi connectivity index (χ0) is 13.3. The second-order valence-corrected chi connectivity index (χ2v) is 7.09. The van der Waals surface area contributed by atoms with Crippen molar-refractivity contribution in [2.75, 3.05) is 10.5 Å². The summed E-state index contributed by atoms with van der Waals surface area (Å²) < 4.78 is 52.0. The Morgan fingerprint density at radius 1 is 1.33 bits per heavy atom. The summed E-state index contributed by atoms with van der Waals surface area (Å²) >= 11 is 2.94. The summed E-state index contributed by atoms with van der Waals surface area (Å²) in [5, 5.41) is 0. The van der Waals surface area contributed by atoms with Gasteiger partial charge in [-0.1, -0.05) is 12.8 Å². The van der Waals surface area contributed by atoms with Gasteiger partial charge in [0, 0.05) is 10.5 Å². The Morgan fingerprint density at radius 2 is 2.00 bits per heavy atom. The molecular weight excluding hydrogens is 328 g/mol. The second kappa shape index (κ2) is 5.13. The molecule has 0 unspecified atom stereocenters. The van der Waals surface area contributed by atoms with Crippen LogP contribution < -0.4 is 4.72 Å². The zero-order valence-corrected chi connectivity index (χ0v) is 11.8. The molecule has 1 fully saturated rings. The predicted molar refractivity (Wildman–Crippen MR) is 68.8 cm³/mol. The molecule has 7 heteroatoms. The van der Waals surface area contributed by atoms with Crippen LogP contribution in [0, 0.1) is 17.6 Å². The van der Waals surface area contributed by atoms with Crippen LogP contribution in [-0.4, -0.2) is 14.2 Å². The molecule has 0 aliphatic heterocycles. The summed E-state index contributed by atoms with van der Waals surface area (Å²) in [6.07, 6.45) is 2.70. The molecule has 0 atom stereocenters. The van der Waals surface area contributed by atoms with Crippen LogP contribution in [0.5, 0.6) is 0 Å². The molecule has 1 aliphatic carbocycles. The van der Waals surface area contributed by atoms with E-state index in [1.165, 1.54) is 0 Å². The van der Waals surface area contributed by atoms with E-state index in [0.29, 0.717) is 18.4 Å². The maximum absolute atomic E-state index is 13.5. The highest BCUT2D eigenvalue weighted by Gasteiger charge is 2.24. The van der Waals surface area contributed by atoms with Gasteiger partial charge in [0.2, 0.25) is 10.0 Å². The summed E-state index contributed by atoms with van der Waals surface area (Å²) in [5.74, 6) is -1.26. The van der Waals surface area contributed by atoms with Crippen LogP contribution >= 0.6 is 15.9 Å². The van der Waals surface area contributed by atoms with E-state index in [0.717, 1.165) is 18.9 Å². The topological polar surface area (TPSA) is 46.2 Å². The Kier molecular flexibility index (Phi) is 3.91. The highest BCUT2D eigenvalue weighted by Crippen LogP contribution is 2.33. The molecule has 18 heavy (non-hydrogen) atoms. The fraction of sp³-hybridized carbons (Fsp3) is 0.455. The quantitative estimate of drug-likeness (QED) is 0.894. The molecule has 1 N–H and O–H groups in total. The molecule has 1 aromatic carbocycles. The smallest absolute Gasteiger partial charge is 0.232 e. The molecule has 0 saturated heterocycles. The van der Waals surface area contributed by atoms with Crippen molar-refractivity contribution in [3.63, 3.8) is 0 Å². The molecule has 3 nitrogen and oxygen atoms in total. The minimum Gasteiger partial charge on any atom is -0.279 e. The molecule has 100 valence electrons. The third-order valence-electron chi connectivity index (χ3n) is 2.76. The zero-order valence-electron chi connectivity index (χ0n) is 9.42. The summed E-state index contributed by atoms with van der Waals surface area (Å²) in [4.78, 5) is 0. The van der Waals surface area contributed by atoms with Crippen LogP contribution in [0.4, 0.5) is 14.5 Å². The van der Waals surface area contributed by atoms with Crippen molar-refractivity contribution >= 4 is 31.6 Å². The van der Waals surface area contributed by atoms with Crippen molar-refractivity contribution < 1.29 is 17.2 Å². The molecule has 0 heterocycles. The van der Waals surface area contributed by atoms with Crippen LogP contribution in [0.1, 0.15) is 19.3 Å². The van der Waals surface area contributed by atoms with Gasteiger partial charge in [-0.3, -0.25) is 4.72 Å². The Hall–Kier alpha value is -0.690. The van der Waals surface area contributed by atoms with Crippen LogP contribution in [0.3, 0.4) is 0 Å². The minimum absolute atomic E-state index is 0.0408. The Balaban J connectivity index is 2.12. The number of nitrogens with one attached hydrogen (secondary N) is 1. The van der Waals surface area contributed by atoms with E-state index in [-0.39, 0.29) is 15.9 Å². The highest BCUT2D eigenvalue weighted by atomic mass is 79.9. The number of halogens is 3. The molecule has 0 radical (unpaired) electrons. The summed E-state index contributed by atoms with van der Waals surface area (Å²) in [5.41, 5.74) is -0.243. The van der Waals surface area contributed by atoms with Crippen LogP contribution in [-0.2, 0) is 10.0 Å². The van der Waals surface area contributed by atoms with Crippen LogP contribution in [0.2, 0.25) is 0 Å².